The number of amides is 1. The second-order valence-electron chi connectivity index (χ2n) is 5.17. The van der Waals surface area contributed by atoms with Gasteiger partial charge < -0.3 is 10.1 Å². The van der Waals surface area contributed by atoms with Gasteiger partial charge in [-0.2, -0.15) is 4.39 Å². The maximum atomic E-state index is 13.4. The highest BCUT2D eigenvalue weighted by atomic mass is 32.1. The second-order valence-corrected chi connectivity index (χ2v) is 5.89. The number of benzene rings is 2. The summed E-state index contributed by atoms with van der Waals surface area (Å²) in [6.45, 7) is 0.277. The maximum Gasteiger partial charge on any atom is 0.306 e. The highest BCUT2D eigenvalue weighted by Crippen LogP contribution is 2.23. The SMILES string of the molecule is O=C(Nc1ccc(F)c([N+](=O)[O-])c1)c1cccc(OCc2cscn2)c1. The van der Waals surface area contributed by atoms with Crippen molar-refractivity contribution in [2.75, 3.05) is 5.32 Å². The molecule has 1 amide bonds. The fraction of sp³-hybridized carbons (Fsp3) is 0.0588. The summed E-state index contributed by atoms with van der Waals surface area (Å²) in [5.74, 6) is -0.980. The number of nitrogens with zero attached hydrogens (tertiary/aromatic N) is 2. The van der Waals surface area contributed by atoms with Crippen molar-refractivity contribution in [1.29, 1.82) is 0 Å². The first-order valence-electron chi connectivity index (χ1n) is 7.38. The van der Waals surface area contributed by atoms with Crippen LogP contribution in [0.5, 0.6) is 5.75 Å². The highest BCUT2D eigenvalue weighted by molar-refractivity contribution is 7.07. The highest BCUT2D eigenvalue weighted by Gasteiger charge is 2.16. The third-order valence-electron chi connectivity index (χ3n) is 3.37. The molecule has 1 aromatic heterocycles. The van der Waals surface area contributed by atoms with Crippen molar-refractivity contribution in [3.63, 3.8) is 0 Å². The summed E-state index contributed by atoms with van der Waals surface area (Å²) < 4.78 is 18.9. The largest absolute Gasteiger partial charge is 0.487 e. The number of thiazole rings is 1. The summed E-state index contributed by atoms with van der Waals surface area (Å²) in [6.07, 6.45) is 0. The first-order valence-corrected chi connectivity index (χ1v) is 8.32. The minimum atomic E-state index is -0.967. The molecule has 0 aliphatic heterocycles. The quantitative estimate of drug-likeness (QED) is 0.520. The van der Waals surface area contributed by atoms with Gasteiger partial charge in [0.05, 0.1) is 16.1 Å². The molecule has 9 heteroatoms. The molecule has 0 bridgehead atoms. The van der Waals surface area contributed by atoms with Crippen LogP contribution in [0.2, 0.25) is 0 Å². The number of halogens is 1. The fourth-order valence-corrected chi connectivity index (χ4v) is 2.67. The Balaban J connectivity index is 1.71. The summed E-state index contributed by atoms with van der Waals surface area (Å²) in [7, 11) is 0. The molecule has 0 aliphatic carbocycles. The van der Waals surface area contributed by atoms with Crippen molar-refractivity contribution in [2.45, 2.75) is 6.61 Å². The number of ether oxygens (including phenoxy) is 1. The number of carbonyl (C=O) groups is 1. The molecule has 0 spiro atoms. The van der Waals surface area contributed by atoms with E-state index in [9.17, 15) is 19.3 Å². The van der Waals surface area contributed by atoms with Gasteiger partial charge in [-0.1, -0.05) is 6.07 Å². The standard InChI is InChI=1S/C17H12FN3O4S/c18-15-5-4-12(7-16(15)21(23)24)20-17(22)11-2-1-3-14(6-11)25-8-13-9-26-10-19-13/h1-7,9-10H,8H2,(H,20,22). The molecule has 0 atom stereocenters. The smallest absolute Gasteiger partial charge is 0.306 e. The predicted molar refractivity (Wildman–Crippen MR) is 93.9 cm³/mol. The zero-order valence-electron chi connectivity index (χ0n) is 13.2. The van der Waals surface area contributed by atoms with Crippen molar-refractivity contribution in [3.05, 3.63) is 80.5 Å². The van der Waals surface area contributed by atoms with E-state index in [-0.39, 0.29) is 12.3 Å². The number of carbonyl (C=O) groups excluding carboxylic acids is 1. The normalized spacial score (nSPS) is 10.3. The first kappa shape index (κ1) is 17.5. The Morgan fingerprint density at radius 2 is 2.15 bits per heavy atom. The van der Waals surface area contributed by atoms with Crippen molar-refractivity contribution >= 4 is 28.6 Å². The molecular formula is C17H12FN3O4S. The van der Waals surface area contributed by atoms with Gasteiger partial charge in [0.15, 0.2) is 0 Å². The Morgan fingerprint density at radius 3 is 2.88 bits per heavy atom. The average Bonchev–Trinajstić information content (AvgIpc) is 3.15. The van der Waals surface area contributed by atoms with Crippen LogP contribution in [0.4, 0.5) is 15.8 Å². The molecule has 0 saturated heterocycles. The van der Waals surface area contributed by atoms with E-state index < -0.39 is 22.3 Å². The summed E-state index contributed by atoms with van der Waals surface area (Å²) in [5, 5.41) is 15.1. The van der Waals surface area contributed by atoms with E-state index in [4.69, 9.17) is 4.74 Å². The number of nitro groups is 1. The van der Waals surface area contributed by atoms with Crippen LogP contribution in [-0.2, 0) is 6.61 Å². The van der Waals surface area contributed by atoms with Crippen LogP contribution < -0.4 is 10.1 Å². The van der Waals surface area contributed by atoms with Gasteiger partial charge in [-0.3, -0.25) is 14.9 Å². The van der Waals surface area contributed by atoms with E-state index in [2.05, 4.69) is 10.3 Å². The lowest BCUT2D eigenvalue weighted by molar-refractivity contribution is -0.387. The molecule has 0 saturated carbocycles. The molecule has 0 aliphatic rings. The zero-order chi connectivity index (χ0) is 18.5. The number of aromatic nitrogens is 1. The Hall–Kier alpha value is -3.33. The molecule has 0 radical (unpaired) electrons. The first-order chi connectivity index (χ1) is 12.5. The van der Waals surface area contributed by atoms with E-state index in [0.717, 1.165) is 17.8 Å². The Morgan fingerprint density at radius 1 is 1.31 bits per heavy atom. The van der Waals surface area contributed by atoms with Crippen LogP contribution in [-0.4, -0.2) is 15.8 Å². The zero-order valence-corrected chi connectivity index (χ0v) is 14.0. The Labute approximate surface area is 151 Å². The van der Waals surface area contributed by atoms with Crippen molar-refractivity contribution in [3.8, 4) is 5.75 Å². The average molecular weight is 373 g/mol. The lowest BCUT2D eigenvalue weighted by Gasteiger charge is -2.08. The third kappa shape index (κ3) is 4.19. The minimum absolute atomic E-state index is 0.122. The molecule has 132 valence electrons. The molecule has 1 heterocycles. The van der Waals surface area contributed by atoms with Gasteiger partial charge in [0.25, 0.3) is 5.91 Å². The van der Waals surface area contributed by atoms with Gasteiger partial charge in [-0.05, 0) is 30.3 Å². The van der Waals surface area contributed by atoms with Crippen LogP contribution in [0.3, 0.4) is 0 Å². The summed E-state index contributed by atoms with van der Waals surface area (Å²) in [5.41, 5.74) is 2.20. The molecule has 0 fully saturated rings. The number of hydrogen-bond donors (Lipinski definition) is 1. The van der Waals surface area contributed by atoms with Crippen LogP contribution >= 0.6 is 11.3 Å². The molecule has 1 N–H and O–H groups in total. The third-order valence-corrected chi connectivity index (χ3v) is 4.00. The summed E-state index contributed by atoms with van der Waals surface area (Å²) >= 11 is 1.46. The van der Waals surface area contributed by atoms with Gasteiger partial charge in [-0.25, -0.2) is 4.98 Å². The van der Waals surface area contributed by atoms with E-state index >= 15 is 0 Å². The topological polar surface area (TPSA) is 94.4 Å². The van der Waals surface area contributed by atoms with E-state index in [1.54, 1.807) is 29.8 Å². The Kier molecular flexibility index (Phi) is 5.18. The molecule has 0 unspecified atom stereocenters. The lowest BCUT2D eigenvalue weighted by Crippen LogP contribution is -2.12. The molecule has 3 aromatic rings. The fourth-order valence-electron chi connectivity index (χ4n) is 2.13. The number of rotatable bonds is 6. The van der Waals surface area contributed by atoms with Crippen LogP contribution in [0.1, 0.15) is 16.1 Å². The molecular weight excluding hydrogens is 361 g/mol. The molecule has 2 aromatic carbocycles. The summed E-state index contributed by atoms with van der Waals surface area (Å²) in [6, 6.07) is 9.62. The van der Waals surface area contributed by atoms with Crippen LogP contribution in [0.15, 0.2) is 53.4 Å². The van der Waals surface area contributed by atoms with E-state index in [1.807, 2.05) is 5.38 Å². The van der Waals surface area contributed by atoms with Gasteiger partial charge >= 0.3 is 5.69 Å². The monoisotopic (exact) mass is 373 g/mol. The number of nitrogens with one attached hydrogen (secondary N) is 1. The van der Waals surface area contributed by atoms with E-state index in [1.165, 1.54) is 17.4 Å². The van der Waals surface area contributed by atoms with E-state index in [0.29, 0.717) is 11.3 Å². The number of nitro benzene ring substituents is 1. The number of anilines is 1. The summed E-state index contributed by atoms with van der Waals surface area (Å²) in [4.78, 5) is 26.4. The minimum Gasteiger partial charge on any atom is -0.487 e. The number of hydrogen-bond acceptors (Lipinski definition) is 6. The van der Waals surface area contributed by atoms with Crippen molar-refractivity contribution in [1.82, 2.24) is 4.98 Å². The Bertz CT molecular complexity index is 947. The molecule has 3 rings (SSSR count). The van der Waals surface area contributed by atoms with Crippen molar-refractivity contribution in [2.24, 2.45) is 0 Å². The van der Waals surface area contributed by atoms with Gasteiger partial charge in [0.1, 0.15) is 12.4 Å². The van der Waals surface area contributed by atoms with Gasteiger partial charge in [0, 0.05) is 22.7 Å². The van der Waals surface area contributed by atoms with Crippen LogP contribution in [0, 0.1) is 15.9 Å². The second kappa shape index (κ2) is 7.70. The van der Waals surface area contributed by atoms with Gasteiger partial charge in [-0.15, -0.1) is 11.3 Å². The lowest BCUT2D eigenvalue weighted by atomic mass is 10.2. The van der Waals surface area contributed by atoms with Crippen molar-refractivity contribution < 1.29 is 18.8 Å². The maximum absolute atomic E-state index is 13.4. The predicted octanol–water partition coefficient (Wildman–Crippen LogP) is 4.02. The molecule has 7 nitrogen and oxygen atoms in total. The molecule has 26 heavy (non-hydrogen) atoms. The van der Waals surface area contributed by atoms with Gasteiger partial charge in [0.2, 0.25) is 5.82 Å². The van der Waals surface area contributed by atoms with Crippen LogP contribution in [0.25, 0.3) is 0 Å².